The van der Waals surface area contributed by atoms with Gasteiger partial charge in [0.1, 0.15) is 12.2 Å². The highest BCUT2D eigenvalue weighted by Crippen LogP contribution is 2.24. The maximum absolute atomic E-state index is 4.34. The van der Waals surface area contributed by atoms with Crippen molar-refractivity contribution < 1.29 is 0 Å². The van der Waals surface area contributed by atoms with Crippen molar-refractivity contribution in [3.63, 3.8) is 0 Å². The van der Waals surface area contributed by atoms with Crippen molar-refractivity contribution in [3.05, 3.63) is 22.7 Å². The molecule has 104 valence electrons. The molecule has 0 radical (unpaired) electrons. The quantitative estimate of drug-likeness (QED) is 0.834. The first-order chi connectivity index (χ1) is 9.30. The molecule has 1 unspecified atom stereocenters. The summed E-state index contributed by atoms with van der Waals surface area (Å²) in [4.78, 5) is 5.55. The van der Waals surface area contributed by atoms with Gasteiger partial charge in [-0.15, -0.1) is 5.10 Å². The van der Waals surface area contributed by atoms with E-state index in [-0.39, 0.29) is 6.04 Å². The zero-order valence-electron chi connectivity index (χ0n) is 11.6. The molecule has 2 aromatic rings. The SMILES string of the molecule is CCCc1nnsc1C(Cc1ncnn1CC)NC. The van der Waals surface area contributed by atoms with Crippen LogP contribution in [-0.4, -0.2) is 31.4 Å². The third kappa shape index (κ3) is 3.16. The van der Waals surface area contributed by atoms with E-state index in [1.54, 1.807) is 6.33 Å². The van der Waals surface area contributed by atoms with Crippen LogP contribution >= 0.6 is 11.5 Å². The number of hydrogen-bond acceptors (Lipinski definition) is 6. The van der Waals surface area contributed by atoms with E-state index in [9.17, 15) is 0 Å². The van der Waals surface area contributed by atoms with Gasteiger partial charge in [-0.3, -0.25) is 4.68 Å². The molecular weight excluding hydrogens is 260 g/mol. The molecule has 19 heavy (non-hydrogen) atoms. The molecule has 0 saturated carbocycles. The second kappa shape index (κ2) is 6.72. The zero-order valence-corrected chi connectivity index (χ0v) is 12.4. The van der Waals surface area contributed by atoms with Crippen LogP contribution in [0, 0.1) is 0 Å². The Balaban J connectivity index is 2.18. The van der Waals surface area contributed by atoms with E-state index in [1.807, 2.05) is 11.7 Å². The summed E-state index contributed by atoms with van der Waals surface area (Å²) in [6.07, 6.45) is 4.48. The lowest BCUT2D eigenvalue weighted by molar-refractivity contribution is 0.535. The summed E-state index contributed by atoms with van der Waals surface area (Å²) >= 11 is 1.48. The largest absolute Gasteiger partial charge is 0.312 e. The van der Waals surface area contributed by atoms with Gasteiger partial charge in [0.05, 0.1) is 16.6 Å². The fourth-order valence-electron chi connectivity index (χ4n) is 2.11. The lowest BCUT2D eigenvalue weighted by atomic mass is 10.1. The van der Waals surface area contributed by atoms with Gasteiger partial charge >= 0.3 is 0 Å². The smallest absolute Gasteiger partial charge is 0.138 e. The fourth-order valence-corrected chi connectivity index (χ4v) is 2.91. The second-order valence-corrected chi connectivity index (χ2v) is 5.16. The first kappa shape index (κ1) is 14.1. The fraction of sp³-hybridized carbons (Fsp3) is 0.667. The molecule has 1 N–H and O–H groups in total. The van der Waals surface area contributed by atoms with E-state index in [4.69, 9.17) is 0 Å². The second-order valence-electron chi connectivity index (χ2n) is 4.37. The van der Waals surface area contributed by atoms with Gasteiger partial charge < -0.3 is 5.32 Å². The van der Waals surface area contributed by atoms with Gasteiger partial charge in [0.25, 0.3) is 0 Å². The number of aromatic nitrogens is 5. The molecule has 0 bridgehead atoms. The standard InChI is InChI=1S/C12H20N6S/c1-4-6-9-12(19-17-16-9)10(13-3)7-11-14-8-15-18(11)5-2/h8,10,13H,4-7H2,1-3H3. The third-order valence-electron chi connectivity index (χ3n) is 3.12. The topological polar surface area (TPSA) is 68.5 Å². The van der Waals surface area contributed by atoms with Crippen LogP contribution in [0.5, 0.6) is 0 Å². The predicted molar refractivity (Wildman–Crippen MR) is 75.1 cm³/mol. The van der Waals surface area contributed by atoms with Crippen LogP contribution in [0.4, 0.5) is 0 Å². The Morgan fingerprint density at radius 3 is 2.95 bits per heavy atom. The van der Waals surface area contributed by atoms with Crippen LogP contribution in [0.15, 0.2) is 6.33 Å². The van der Waals surface area contributed by atoms with Crippen LogP contribution < -0.4 is 5.32 Å². The molecule has 7 heteroatoms. The highest BCUT2D eigenvalue weighted by Gasteiger charge is 2.20. The number of likely N-dealkylation sites (N-methyl/N-ethyl adjacent to an activating group) is 1. The monoisotopic (exact) mass is 280 g/mol. The number of aryl methyl sites for hydroxylation is 2. The maximum Gasteiger partial charge on any atom is 0.138 e. The lowest BCUT2D eigenvalue weighted by Crippen LogP contribution is -2.21. The van der Waals surface area contributed by atoms with Crippen LogP contribution in [0.1, 0.15) is 42.7 Å². The molecule has 0 aromatic carbocycles. The lowest BCUT2D eigenvalue weighted by Gasteiger charge is -2.15. The number of nitrogens with one attached hydrogen (secondary N) is 1. The molecule has 0 aliphatic rings. The summed E-state index contributed by atoms with van der Waals surface area (Å²) in [5.74, 6) is 0.998. The molecule has 0 amide bonds. The van der Waals surface area contributed by atoms with Gasteiger partial charge in [0, 0.05) is 13.0 Å². The van der Waals surface area contributed by atoms with Crippen LogP contribution in [0.2, 0.25) is 0 Å². The zero-order chi connectivity index (χ0) is 13.7. The Morgan fingerprint density at radius 2 is 2.26 bits per heavy atom. The molecule has 0 fully saturated rings. The highest BCUT2D eigenvalue weighted by molar-refractivity contribution is 7.05. The normalized spacial score (nSPS) is 12.8. The predicted octanol–water partition coefficient (Wildman–Crippen LogP) is 1.61. The molecule has 0 saturated heterocycles. The van der Waals surface area contributed by atoms with Crippen molar-refractivity contribution in [1.29, 1.82) is 0 Å². The molecule has 2 rings (SSSR count). The Labute approximate surface area is 117 Å². The Morgan fingerprint density at radius 1 is 1.42 bits per heavy atom. The average molecular weight is 280 g/mol. The molecular formula is C12H20N6S. The third-order valence-corrected chi connectivity index (χ3v) is 4.00. The van der Waals surface area contributed by atoms with E-state index in [0.717, 1.165) is 37.3 Å². The van der Waals surface area contributed by atoms with Gasteiger partial charge in [-0.2, -0.15) is 5.10 Å². The molecule has 1 atom stereocenters. The first-order valence-corrected chi connectivity index (χ1v) is 7.42. The van der Waals surface area contributed by atoms with Crippen molar-refractivity contribution in [3.8, 4) is 0 Å². The van der Waals surface area contributed by atoms with Gasteiger partial charge in [0.2, 0.25) is 0 Å². The Hall–Kier alpha value is -1.34. The van der Waals surface area contributed by atoms with Crippen LogP contribution in [-0.2, 0) is 19.4 Å². The molecule has 6 nitrogen and oxygen atoms in total. The number of nitrogens with zero attached hydrogens (tertiary/aromatic N) is 5. The minimum atomic E-state index is 0.205. The highest BCUT2D eigenvalue weighted by atomic mass is 32.1. The van der Waals surface area contributed by atoms with Gasteiger partial charge in [-0.25, -0.2) is 4.98 Å². The number of rotatable bonds is 7. The van der Waals surface area contributed by atoms with Crippen LogP contribution in [0.25, 0.3) is 0 Å². The van der Waals surface area contributed by atoms with Crippen molar-refractivity contribution in [2.24, 2.45) is 0 Å². The summed E-state index contributed by atoms with van der Waals surface area (Å²) in [5, 5.41) is 11.8. The van der Waals surface area contributed by atoms with Crippen molar-refractivity contribution >= 4 is 11.5 Å². The average Bonchev–Trinajstić information content (AvgIpc) is 3.05. The number of hydrogen-bond donors (Lipinski definition) is 1. The van der Waals surface area contributed by atoms with E-state index >= 15 is 0 Å². The maximum atomic E-state index is 4.34. The van der Waals surface area contributed by atoms with Crippen molar-refractivity contribution in [2.75, 3.05) is 7.05 Å². The van der Waals surface area contributed by atoms with E-state index < -0.39 is 0 Å². The Bertz CT molecular complexity index is 506. The van der Waals surface area contributed by atoms with E-state index in [2.05, 4.69) is 38.8 Å². The van der Waals surface area contributed by atoms with Crippen molar-refractivity contribution in [2.45, 2.75) is 45.7 Å². The van der Waals surface area contributed by atoms with E-state index in [1.165, 1.54) is 16.4 Å². The van der Waals surface area contributed by atoms with Crippen molar-refractivity contribution in [1.82, 2.24) is 29.7 Å². The first-order valence-electron chi connectivity index (χ1n) is 6.65. The molecule has 2 aromatic heterocycles. The van der Waals surface area contributed by atoms with Gasteiger partial charge in [-0.05, 0) is 31.9 Å². The molecule has 0 aliphatic heterocycles. The van der Waals surface area contributed by atoms with E-state index in [0.29, 0.717) is 0 Å². The summed E-state index contributed by atoms with van der Waals surface area (Å²) in [6, 6.07) is 0.205. The Kier molecular flexibility index (Phi) is 4.98. The molecule has 0 spiro atoms. The summed E-state index contributed by atoms with van der Waals surface area (Å²) in [6.45, 7) is 5.07. The summed E-state index contributed by atoms with van der Waals surface area (Å²) < 4.78 is 6.02. The summed E-state index contributed by atoms with van der Waals surface area (Å²) in [5.41, 5.74) is 1.11. The minimum absolute atomic E-state index is 0.205. The molecule has 0 aliphatic carbocycles. The van der Waals surface area contributed by atoms with Gasteiger partial charge in [0.15, 0.2) is 0 Å². The van der Waals surface area contributed by atoms with Crippen LogP contribution in [0.3, 0.4) is 0 Å². The minimum Gasteiger partial charge on any atom is -0.312 e. The molecule has 2 heterocycles. The van der Waals surface area contributed by atoms with Gasteiger partial charge in [-0.1, -0.05) is 17.8 Å². The summed E-state index contributed by atoms with van der Waals surface area (Å²) in [7, 11) is 1.97.